The van der Waals surface area contributed by atoms with Gasteiger partial charge in [-0.2, -0.15) is 4.31 Å². The van der Waals surface area contributed by atoms with E-state index in [1.165, 1.54) is 11.4 Å². The second-order valence-corrected chi connectivity index (χ2v) is 8.58. The molecule has 1 aliphatic heterocycles. The molecule has 1 fully saturated rings. The molecule has 1 amide bonds. The number of aryl methyl sites for hydroxylation is 1. The summed E-state index contributed by atoms with van der Waals surface area (Å²) in [5.74, 6) is -0.0458. The van der Waals surface area contributed by atoms with Crippen molar-refractivity contribution in [3.05, 3.63) is 23.8 Å². The summed E-state index contributed by atoms with van der Waals surface area (Å²) in [5, 5.41) is 2.96. The Bertz CT molecular complexity index is 718. The van der Waals surface area contributed by atoms with Gasteiger partial charge in [-0.05, 0) is 50.8 Å². The van der Waals surface area contributed by atoms with E-state index in [0.29, 0.717) is 25.1 Å². The van der Waals surface area contributed by atoms with E-state index in [0.717, 1.165) is 12.0 Å². The Morgan fingerprint density at radius 3 is 2.80 bits per heavy atom. The highest BCUT2D eigenvalue weighted by Crippen LogP contribution is 2.30. The van der Waals surface area contributed by atoms with Crippen LogP contribution in [0.25, 0.3) is 0 Å². The number of benzene rings is 1. The van der Waals surface area contributed by atoms with Crippen LogP contribution < -0.4 is 10.1 Å². The number of sulfonamides is 1. The zero-order valence-electron chi connectivity index (χ0n) is 15.4. The van der Waals surface area contributed by atoms with Crippen molar-refractivity contribution in [3.8, 4) is 5.75 Å². The third-order valence-electron chi connectivity index (χ3n) is 4.69. The molecule has 25 heavy (non-hydrogen) atoms. The van der Waals surface area contributed by atoms with Crippen molar-refractivity contribution in [2.45, 2.75) is 51.0 Å². The molecule has 140 valence electrons. The van der Waals surface area contributed by atoms with E-state index >= 15 is 0 Å². The summed E-state index contributed by atoms with van der Waals surface area (Å²) in [5.41, 5.74) is 0.849. The van der Waals surface area contributed by atoms with Gasteiger partial charge in [-0.3, -0.25) is 4.79 Å². The van der Waals surface area contributed by atoms with E-state index in [9.17, 15) is 13.2 Å². The van der Waals surface area contributed by atoms with Gasteiger partial charge >= 0.3 is 0 Å². The monoisotopic (exact) mass is 368 g/mol. The molecule has 0 unspecified atom stereocenters. The van der Waals surface area contributed by atoms with Crippen LogP contribution in [0.1, 0.15) is 38.7 Å². The maximum atomic E-state index is 13.1. The van der Waals surface area contributed by atoms with Gasteiger partial charge in [-0.15, -0.1) is 0 Å². The van der Waals surface area contributed by atoms with E-state index in [-0.39, 0.29) is 29.3 Å². The number of methoxy groups -OCH3 is 1. The van der Waals surface area contributed by atoms with Gasteiger partial charge in [0.15, 0.2) is 0 Å². The van der Waals surface area contributed by atoms with Crippen LogP contribution in [0.15, 0.2) is 23.1 Å². The Hall–Kier alpha value is -1.60. The fraction of sp³-hybridized carbons (Fsp3) is 0.611. The van der Waals surface area contributed by atoms with Crippen LogP contribution in [0.5, 0.6) is 5.75 Å². The SMILES string of the molecule is CC[C@@H](C)NC(=O)[C@H]1CCCN(S(=O)(=O)c2cc(C)ccc2OC)C1. The van der Waals surface area contributed by atoms with Gasteiger partial charge in [0, 0.05) is 19.1 Å². The van der Waals surface area contributed by atoms with Crippen molar-refractivity contribution < 1.29 is 17.9 Å². The molecule has 1 aliphatic rings. The van der Waals surface area contributed by atoms with Crippen LogP contribution >= 0.6 is 0 Å². The van der Waals surface area contributed by atoms with Gasteiger partial charge in [0.2, 0.25) is 15.9 Å². The van der Waals surface area contributed by atoms with Crippen LogP contribution in [0.2, 0.25) is 0 Å². The number of carbonyl (C=O) groups excluding carboxylic acids is 1. The molecular weight excluding hydrogens is 340 g/mol. The summed E-state index contributed by atoms with van der Waals surface area (Å²) < 4.78 is 32.8. The Morgan fingerprint density at radius 2 is 2.16 bits per heavy atom. The fourth-order valence-electron chi connectivity index (χ4n) is 2.96. The molecule has 0 saturated carbocycles. The molecule has 0 radical (unpaired) electrons. The molecule has 2 rings (SSSR count). The number of hydrogen-bond acceptors (Lipinski definition) is 4. The maximum absolute atomic E-state index is 13.1. The third-order valence-corrected chi connectivity index (χ3v) is 6.58. The van der Waals surface area contributed by atoms with E-state index in [1.807, 2.05) is 26.8 Å². The largest absolute Gasteiger partial charge is 0.495 e. The van der Waals surface area contributed by atoms with Crippen molar-refractivity contribution >= 4 is 15.9 Å². The highest BCUT2D eigenvalue weighted by atomic mass is 32.2. The van der Waals surface area contributed by atoms with Gasteiger partial charge in [-0.1, -0.05) is 13.0 Å². The number of nitrogens with zero attached hydrogens (tertiary/aromatic N) is 1. The molecule has 6 nitrogen and oxygen atoms in total. The van der Waals surface area contributed by atoms with E-state index in [1.54, 1.807) is 12.1 Å². The highest BCUT2D eigenvalue weighted by molar-refractivity contribution is 7.89. The van der Waals surface area contributed by atoms with Gasteiger partial charge in [0.25, 0.3) is 0 Å². The van der Waals surface area contributed by atoms with Gasteiger partial charge in [-0.25, -0.2) is 8.42 Å². The lowest BCUT2D eigenvalue weighted by atomic mass is 9.98. The number of piperidine rings is 1. The molecular formula is C18H28N2O4S. The molecule has 0 spiro atoms. The average molecular weight is 368 g/mol. The topological polar surface area (TPSA) is 75.7 Å². The van der Waals surface area contributed by atoms with Crippen LogP contribution in [0, 0.1) is 12.8 Å². The summed E-state index contributed by atoms with van der Waals surface area (Å²) in [6.07, 6.45) is 2.23. The van der Waals surface area contributed by atoms with Crippen molar-refractivity contribution in [3.63, 3.8) is 0 Å². The van der Waals surface area contributed by atoms with Crippen LogP contribution in [-0.4, -0.2) is 44.9 Å². The van der Waals surface area contributed by atoms with E-state index in [4.69, 9.17) is 4.74 Å². The lowest BCUT2D eigenvalue weighted by molar-refractivity contribution is -0.126. The molecule has 1 aromatic rings. The number of rotatable bonds is 6. The minimum atomic E-state index is -3.70. The predicted molar refractivity (Wildman–Crippen MR) is 97.1 cm³/mol. The first kappa shape index (κ1) is 19.7. The van der Waals surface area contributed by atoms with Crippen LogP contribution in [-0.2, 0) is 14.8 Å². The predicted octanol–water partition coefficient (Wildman–Crippen LogP) is 2.32. The first-order valence-electron chi connectivity index (χ1n) is 8.74. The minimum Gasteiger partial charge on any atom is -0.495 e. The molecule has 1 N–H and O–H groups in total. The van der Waals surface area contributed by atoms with Crippen molar-refractivity contribution in [1.82, 2.24) is 9.62 Å². The zero-order valence-corrected chi connectivity index (χ0v) is 16.2. The first-order valence-corrected chi connectivity index (χ1v) is 10.2. The number of amides is 1. The highest BCUT2D eigenvalue weighted by Gasteiger charge is 2.35. The number of ether oxygens (including phenoxy) is 1. The van der Waals surface area contributed by atoms with E-state index in [2.05, 4.69) is 5.32 Å². The average Bonchev–Trinajstić information content (AvgIpc) is 2.61. The van der Waals surface area contributed by atoms with Gasteiger partial charge in [0.05, 0.1) is 13.0 Å². The summed E-state index contributed by atoms with van der Waals surface area (Å²) in [7, 11) is -2.24. The van der Waals surface area contributed by atoms with E-state index < -0.39 is 10.0 Å². The second kappa shape index (κ2) is 8.19. The Labute approximate surface area is 150 Å². The number of hydrogen-bond donors (Lipinski definition) is 1. The lowest BCUT2D eigenvalue weighted by Crippen LogP contribution is -2.47. The normalized spacial score (nSPS) is 20.1. The lowest BCUT2D eigenvalue weighted by Gasteiger charge is -2.32. The summed E-state index contributed by atoms with van der Waals surface area (Å²) >= 11 is 0. The molecule has 2 atom stereocenters. The molecule has 7 heteroatoms. The Morgan fingerprint density at radius 1 is 1.44 bits per heavy atom. The maximum Gasteiger partial charge on any atom is 0.246 e. The number of carbonyl (C=O) groups is 1. The van der Waals surface area contributed by atoms with Crippen LogP contribution in [0.4, 0.5) is 0 Å². The summed E-state index contributed by atoms with van der Waals surface area (Å²) in [6, 6.07) is 5.20. The smallest absolute Gasteiger partial charge is 0.246 e. The van der Waals surface area contributed by atoms with Crippen molar-refractivity contribution in [2.75, 3.05) is 20.2 Å². The molecule has 0 aliphatic carbocycles. The third kappa shape index (κ3) is 4.52. The molecule has 1 heterocycles. The molecule has 0 bridgehead atoms. The summed E-state index contributed by atoms with van der Waals surface area (Å²) in [6.45, 7) is 6.44. The molecule has 1 saturated heterocycles. The quantitative estimate of drug-likeness (QED) is 0.836. The van der Waals surface area contributed by atoms with Gasteiger partial charge < -0.3 is 10.1 Å². The standard InChI is InChI=1S/C18H28N2O4S/c1-5-14(3)19-18(21)15-7-6-10-20(12-15)25(22,23)17-11-13(2)8-9-16(17)24-4/h8-9,11,14-15H,5-7,10,12H2,1-4H3,(H,19,21)/t14-,15+/m1/s1. The van der Waals surface area contributed by atoms with Crippen molar-refractivity contribution in [1.29, 1.82) is 0 Å². The number of nitrogens with one attached hydrogen (secondary N) is 1. The summed E-state index contributed by atoms with van der Waals surface area (Å²) in [4.78, 5) is 12.6. The molecule has 1 aromatic carbocycles. The first-order chi connectivity index (χ1) is 11.8. The molecule has 0 aromatic heterocycles. The Balaban J connectivity index is 2.22. The van der Waals surface area contributed by atoms with Crippen molar-refractivity contribution in [2.24, 2.45) is 5.92 Å². The zero-order chi connectivity index (χ0) is 18.6. The van der Waals surface area contributed by atoms with Crippen LogP contribution in [0.3, 0.4) is 0 Å². The fourth-order valence-corrected chi connectivity index (χ4v) is 4.73. The minimum absolute atomic E-state index is 0.0644. The van der Waals surface area contributed by atoms with Gasteiger partial charge in [0.1, 0.15) is 10.6 Å². The Kier molecular flexibility index (Phi) is 6.46. The second-order valence-electron chi connectivity index (χ2n) is 6.67.